The van der Waals surface area contributed by atoms with Crippen LogP contribution in [0.4, 0.5) is 8.78 Å². The molecule has 1 amide bonds. The summed E-state index contributed by atoms with van der Waals surface area (Å²) in [7, 11) is 1.66. The summed E-state index contributed by atoms with van der Waals surface area (Å²) in [6.07, 6.45) is 3.34. The topological polar surface area (TPSA) is 59.8 Å². The number of aryl methyl sites for hydroxylation is 1. The maximum atomic E-state index is 13.8. The molecule has 0 fully saturated rings. The van der Waals surface area contributed by atoms with Crippen LogP contribution in [-0.2, 0) is 13.5 Å². The number of amides is 1. The number of aromatic nitrogens is 3. The normalized spacial score (nSPS) is 17.4. The number of rotatable bonds is 2. The zero-order valence-corrected chi connectivity index (χ0v) is 11.4. The predicted octanol–water partition coefficient (Wildman–Crippen LogP) is 1.90. The van der Waals surface area contributed by atoms with E-state index >= 15 is 0 Å². The number of nitrogens with one attached hydrogen (secondary N) is 1. The first-order valence-corrected chi connectivity index (χ1v) is 6.69. The lowest BCUT2D eigenvalue weighted by atomic mass is 9.87. The van der Waals surface area contributed by atoms with Gasteiger partial charge in [-0.1, -0.05) is 0 Å². The minimum Gasteiger partial charge on any atom is -0.342 e. The highest BCUT2D eigenvalue weighted by Crippen LogP contribution is 2.32. The van der Waals surface area contributed by atoms with Gasteiger partial charge in [0.1, 0.15) is 18.0 Å². The summed E-state index contributed by atoms with van der Waals surface area (Å²) in [5.74, 6) is -1.59. The molecule has 110 valence electrons. The Bertz CT molecular complexity index is 698. The average Bonchev–Trinajstić information content (AvgIpc) is 2.86. The van der Waals surface area contributed by atoms with Crippen LogP contribution in [0.1, 0.15) is 40.6 Å². The maximum absolute atomic E-state index is 13.8. The summed E-state index contributed by atoms with van der Waals surface area (Å²) in [5, 5.41) is 6.66. The molecule has 1 atom stereocenters. The van der Waals surface area contributed by atoms with Crippen molar-refractivity contribution in [3.63, 3.8) is 0 Å². The van der Waals surface area contributed by atoms with Crippen LogP contribution in [0, 0.1) is 11.6 Å². The van der Waals surface area contributed by atoms with Gasteiger partial charge in [0.25, 0.3) is 5.91 Å². The number of halogens is 2. The standard InChI is InChI=1S/C14H14F2N4O/c1-20-7-17-13(19-20)14(21)18-12-4-2-3-9-10(12)5-8(15)6-11(9)16/h5-7,12H,2-4H2,1H3,(H,18,21)/t12-/m0/s1. The number of carbonyl (C=O) groups is 1. The highest BCUT2D eigenvalue weighted by molar-refractivity contribution is 5.90. The van der Waals surface area contributed by atoms with Crippen molar-refractivity contribution in [1.82, 2.24) is 20.1 Å². The van der Waals surface area contributed by atoms with Gasteiger partial charge in [-0.15, -0.1) is 5.10 Å². The van der Waals surface area contributed by atoms with E-state index in [-0.39, 0.29) is 5.82 Å². The summed E-state index contributed by atoms with van der Waals surface area (Å²) < 4.78 is 28.6. The van der Waals surface area contributed by atoms with Crippen molar-refractivity contribution in [2.75, 3.05) is 0 Å². The third-order valence-corrected chi connectivity index (χ3v) is 3.60. The van der Waals surface area contributed by atoms with Crippen molar-refractivity contribution in [3.05, 3.63) is 47.0 Å². The Balaban J connectivity index is 1.87. The SMILES string of the molecule is Cn1cnc(C(=O)N[C@H]2CCCc3c(F)cc(F)cc32)n1. The second kappa shape index (κ2) is 5.23. The van der Waals surface area contributed by atoms with Crippen LogP contribution in [0.15, 0.2) is 18.5 Å². The van der Waals surface area contributed by atoms with Gasteiger partial charge in [-0.05, 0) is 36.5 Å². The van der Waals surface area contributed by atoms with E-state index in [4.69, 9.17) is 0 Å². The lowest BCUT2D eigenvalue weighted by Gasteiger charge is -2.26. The highest BCUT2D eigenvalue weighted by atomic mass is 19.1. The molecule has 3 rings (SSSR count). The average molecular weight is 292 g/mol. The second-order valence-corrected chi connectivity index (χ2v) is 5.12. The zero-order valence-electron chi connectivity index (χ0n) is 11.4. The van der Waals surface area contributed by atoms with E-state index in [9.17, 15) is 13.6 Å². The monoisotopic (exact) mass is 292 g/mol. The van der Waals surface area contributed by atoms with Gasteiger partial charge in [-0.2, -0.15) is 0 Å². The molecule has 1 aromatic heterocycles. The molecule has 1 aromatic carbocycles. The summed E-state index contributed by atoms with van der Waals surface area (Å²) in [6, 6.07) is 1.74. The predicted molar refractivity (Wildman–Crippen MR) is 70.5 cm³/mol. The van der Waals surface area contributed by atoms with E-state index in [2.05, 4.69) is 15.4 Å². The fraction of sp³-hybridized carbons (Fsp3) is 0.357. The van der Waals surface area contributed by atoms with Crippen molar-refractivity contribution in [1.29, 1.82) is 0 Å². The van der Waals surface area contributed by atoms with Crippen LogP contribution < -0.4 is 5.32 Å². The smallest absolute Gasteiger partial charge is 0.291 e. The van der Waals surface area contributed by atoms with Gasteiger partial charge in [-0.25, -0.2) is 13.8 Å². The van der Waals surface area contributed by atoms with Crippen molar-refractivity contribution in [2.45, 2.75) is 25.3 Å². The van der Waals surface area contributed by atoms with E-state index in [0.29, 0.717) is 24.0 Å². The molecule has 2 aromatic rings. The Morgan fingerprint density at radius 2 is 2.24 bits per heavy atom. The Kier molecular flexibility index (Phi) is 3.40. The van der Waals surface area contributed by atoms with E-state index in [0.717, 1.165) is 12.5 Å². The van der Waals surface area contributed by atoms with Crippen molar-refractivity contribution >= 4 is 5.91 Å². The molecule has 7 heteroatoms. The molecule has 0 spiro atoms. The lowest BCUT2D eigenvalue weighted by Crippen LogP contribution is -2.32. The van der Waals surface area contributed by atoms with Crippen molar-refractivity contribution in [3.8, 4) is 0 Å². The number of carbonyl (C=O) groups excluding carboxylic acids is 1. The maximum Gasteiger partial charge on any atom is 0.291 e. The number of benzene rings is 1. The largest absolute Gasteiger partial charge is 0.342 e. The van der Waals surface area contributed by atoms with Gasteiger partial charge in [-0.3, -0.25) is 9.48 Å². The first kappa shape index (κ1) is 13.7. The van der Waals surface area contributed by atoms with Crippen LogP contribution >= 0.6 is 0 Å². The van der Waals surface area contributed by atoms with E-state index in [1.54, 1.807) is 7.05 Å². The molecule has 1 N–H and O–H groups in total. The number of hydrogen-bond donors (Lipinski definition) is 1. The van der Waals surface area contributed by atoms with Gasteiger partial charge < -0.3 is 5.32 Å². The van der Waals surface area contributed by atoms with Gasteiger partial charge in [0.2, 0.25) is 5.82 Å². The molecule has 0 radical (unpaired) electrons. The number of nitrogens with zero attached hydrogens (tertiary/aromatic N) is 3. The molecule has 0 saturated heterocycles. The molecule has 0 bridgehead atoms. The van der Waals surface area contributed by atoms with Gasteiger partial charge in [0.05, 0.1) is 6.04 Å². The molecule has 0 aliphatic heterocycles. The highest BCUT2D eigenvalue weighted by Gasteiger charge is 2.26. The van der Waals surface area contributed by atoms with Crippen molar-refractivity contribution in [2.24, 2.45) is 7.05 Å². The molecule has 21 heavy (non-hydrogen) atoms. The summed E-state index contributed by atoms with van der Waals surface area (Å²) >= 11 is 0. The van der Waals surface area contributed by atoms with Crippen LogP contribution in [0.25, 0.3) is 0 Å². The fourth-order valence-corrected chi connectivity index (χ4v) is 2.65. The van der Waals surface area contributed by atoms with Crippen LogP contribution in [-0.4, -0.2) is 20.7 Å². The molecule has 1 aliphatic carbocycles. The van der Waals surface area contributed by atoms with Crippen molar-refractivity contribution < 1.29 is 13.6 Å². The number of fused-ring (bicyclic) bond motifs is 1. The Labute approximate surface area is 120 Å². The van der Waals surface area contributed by atoms with E-state index in [1.165, 1.54) is 17.1 Å². The summed E-state index contributed by atoms with van der Waals surface area (Å²) in [4.78, 5) is 15.9. The second-order valence-electron chi connectivity index (χ2n) is 5.12. The molecule has 0 unspecified atom stereocenters. The van der Waals surface area contributed by atoms with E-state index < -0.39 is 23.6 Å². The number of hydrogen-bond acceptors (Lipinski definition) is 3. The fourth-order valence-electron chi connectivity index (χ4n) is 2.65. The first-order valence-electron chi connectivity index (χ1n) is 6.69. The van der Waals surface area contributed by atoms with E-state index in [1.807, 2.05) is 0 Å². The Morgan fingerprint density at radius 3 is 2.95 bits per heavy atom. The first-order chi connectivity index (χ1) is 10.0. The quantitative estimate of drug-likeness (QED) is 0.919. The summed E-state index contributed by atoms with van der Waals surface area (Å²) in [6.45, 7) is 0. The van der Waals surface area contributed by atoms with Gasteiger partial charge in [0.15, 0.2) is 0 Å². The van der Waals surface area contributed by atoms with Crippen LogP contribution in [0.2, 0.25) is 0 Å². The zero-order chi connectivity index (χ0) is 15.0. The molecule has 1 heterocycles. The minimum absolute atomic E-state index is 0.0431. The van der Waals surface area contributed by atoms with Gasteiger partial charge in [0, 0.05) is 13.1 Å². The molecule has 0 saturated carbocycles. The molecule has 5 nitrogen and oxygen atoms in total. The Morgan fingerprint density at radius 1 is 1.43 bits per heavy atom. The Hall–Kier alpha value is -2.31. The molecular weight excluding hydrogens is 278 g/mol. The third-order valence-electron chi connectivity index (χ3n) is 3.60. The molecule has 1 aliphatic rings. The van der Waals surface area contributed by atoms with Crippen LogP contribution in [0.5, 0.6) is 0 Å². The lowest BCUT2D eigenvalue weighted by molar-refractivity contribution is 0.0921. The third kappa shape index (κ3) is 2.63. The summed E-state index contributed by atoms with van der Waals surface area (Å²) in [5.41, 5.74) is 0.977. The molecular formula is C14H14F2N4O. The van der Waals surface area contributed by atoms with Gasteiger partial charge >= 0.3 is 0 Å². The van der Waals surface area contributed by atoms with Crippen LogP contribution in [0.3, 0.4) is 0 Å². The minimum atomic E-state index is -0.636.